The zero-order valence-corrected chi connectivity index (χ0v) is 10.3. The predicted octanol–water partition coefficient (Wildman–Crippen LogP) is 2.79. The highest BCUT2D eigenvalue weighted by molar-refractivity contribution is 5.51. The van der Waals surface area contributed by atoms with Crippen LogP contribution in [-0.4, -0.2) is 9.78 Å². The lowest BCUT2D eigenvalue weighted by molar-refractivity contribution is 0.628. The fourth-order valence-electron chi connectivity index (χ4n) is 1.69. The smallest absolute Gasteiger partial charge is 0.125 e. The molecule has 0 fully saturated rings. The minimum absolute atomic E-state index is 0.221. The minimum atomic E-state index is -0.221. The number of aromatic nitrogens is 2. The Morgan fingerprint density at radius 2 is 2.12 bits per heavy atom. The molecule has 17 heavy (non-hydrogen) atoms. The van der Waals surface area contributed by atoms with E-state index in [4.69, 9.17) is 0 Å². The molecule has 4 heteroatoms. The second-order valence-electron chi connectivity index (χ2n) is 4.19. The molecule has 0 amide bonds. The Morgan fingerprint density at radius 1 is 1.35 bits per heavy atom. The van der Waals surface area contributed by atoms with Crippen molar-refractivity contribution in [2.24, 2.45) is 7.05 Å². The van der Waals surface area contributed by atoms with Crippen molar-refractivity contribution >= 4 is 5.69 Å². The summed E-state index contributed by atoms with van der Waals surface area (Å²) in [5, 5.41) is 7.40. The maximum atomic E-state index is 13.1. The average molecular weight is 233 g/mol. The highest BCUT2D eigenvalue weighted by atomic mass is 19.1. The van der Waals surface area contributed by atoms with Crippen LogP contribution in [0.4, 0.5) is 10.1 Å². The summed E-state index contributed by atoms with van der Waals surface area (Å²) in [7, 11) is 1.91. The van der Waals surface area contributed by atoms with Gasteiger partial charge in [0.2, 0.25) is 0 Å². The fraction of sp³-hybridized carbons (Fsp3) is 0.308. The third-order valence-electron chi connectivity index (χ3n) is 3.01. The van der Waals surface area contributed by atoms with E-state index >= 15 is 0 Å². The van der Waals surface area contributed by atoms with Crippen molar-refractivity contribution in [2.45, 2.75) is 20.4 Å². The quantitative estimate of drug-likeness (QED) is 0.883. The Labute approximate surface area is 100 Å². The van der Waals surface area contributed by atoms with E-state index in [2.05, 4.69) is 10.4 Å². The van der Waals surface area contributed by atoms with Crippen LogP contribution in [0.15, 0.2) is 24.4 Å². The molecule has 0 spiro atoms. The van der Waals surface area contributed by atoms with Crippen molar-refractivity contribution in [3.8, 4) is 0 Å². The fourth-order valence-corrected chi connectivity index (χ4v) is 1.69. The van der Waals surface area contributed by atoms with Crippen molar-refractivity contribution < 1.29 is 4.39 Å². The van der Waals surface area contributed by atoms with Crippen molar-refractivity contribution in [3.05, 3.63) is 47.0 Å². The Hall–Kier alpha value is -1.84. The van der Waals surface area contributed by atoms with Gasteiger partial charge in [0.05, 0.1) is 6.20 Å². The Bertz CT molecular complexity index is 531. The number of nitrogens with one attached hydrogen (secondary N) is 1. The van der Waals surface area contributed by atoms with Gasteiger partial charge >= 0.3 is 0 Å². The molecule has 1 heterocycles. The van der Waals surface area contributed by atoms with Crippen LogP contribution in [0.2, 0.25) is 0 Å². The van der Waals surface area contributed by atoms with E-state index in [1.807, 2.05) is 31.8 Å². The lowest BCUT2D eigenvalue weighted by Gasteiger charge is -2.09. The van der Waals surface area contributed by atoms with Crippen LogP contribution in [-0.2, 0) is 13.6 Å². The van der Waals surface area contributed by atoms with Crippen molar-refractivity contribution in [2.75, 3.05) is 5.32 Å². The standard InChI is InChI=1S/C13H16FN3/c1-9-4-5-12(14)6-13(9)15-7-11-8-16-17(3)10(11)2/h4-6,8,15H,7H2,1-3H3. The monoisotopic (exact) mass is 233 g/mol. The predicted molar refractivity (Wildman–Crippen MR) is 66.4 cm³/mol. The van der Waals surface area contributed by atoms with Gasteiger partial charge in [-0.05, 0) is 31.5 Å². The Kier molecular flexibility index (Phi) is 3.13. The first-order valence-corrected chi connectivity index (χ1v) is 5.55. The lowest BCUT2D eigenvalue weighted by atomic mass is 10.2. The number of hydrogen-bond acceptors (Lipinski definition) is 2. The highest BCUT2D eigenvalue weighted by Crippen LogP contribution is 2.17. The summed E-state index contributed by atoms with van der Waals surface area (Å²) < 4.78 is 14.9. The molecule has 1 aromatic carbocycles. The van der Waals surface area contributed by atoms with Gasteiger partial charge in [-0.1, -0.05) is 6.07 Å². The molecule has 0 atom stereocenters. The molecule has 0 radical (unpaired) electrons. The number of halogens is 1. The number of aryl methyl sites for hydroxylation is 2. The zero-order valence-electron chi connectivity index (χ0n) is 10.3. The van der Waals surface area contributed by atoms with Crippen LogP contribution in [0, 0.1) is 19.7 Å². The van der Waals surface area contributed by atoms with Crippen LogP contribution in [0.5, 0.6) is 0 Å². The van der Waals surface area contributed by atoms with E-state index in [0.29, 0.717) is 6.54 Å². The van der Waals surface area contributed by atoms with Crippen LogP contribution in [0.3, 0.4) is 0 Å². The molecular weight excluding hydrogens is 217 g/mol. The van der Waals surface area contributed by atoms with E-state index < -0.39 is 0 Å². The SMILES string of the molecule is Cc1ccc(F)cc1NCc1cnn(C)c1C. The lowest BCUT2D eigenvalue weighted by Crippen LogP contribution is -2.03. The average Bonchev–Trinajstić information content (AvgIpc) is 2.62. The van der Waals surface area contributed by atoms with Gasteiger partial charge in [0.1, 0.15) is 5.82 Å². The van der Waals surface area contributed by atoms with Crippen LogP contribution in [0.25, 0.3) is 0 Å². The first kappa shape index (κ1) is 11.6. The summed E-state index contributed by atoms with van der Waals surface area (Å²) in [6, 6.07) is 4.75. The van der Waals surface area contributed by atoms with Gasteiger partial charge in [0, 0.05) is 30.5 Å². The molecule has 0 bridgehead atoms. The van der Waals surface area contributed by atoms with Gasteiger partial charge in [-0.25, -0.2) is 4.39 Å². The van der Waals surface area contributed by atoms with Crippen LogP contribution >= 0.6 is 0 Å². The first-order chi connectivity index (χ1) is 8.08. The van der Waals surface area contributed by atoms with E-state index in [1.54, 1.807) is 6.07 Å². The molecule has 0 unspecified atom stereocenters. The number of hydrogen-bond donors (Lipinski definition) is 1. The largest absolute Gasteiger partial charge is 0.381 e. The van der Waals surface area contributed by atoms with Crippen molar-refractivity contribution in [1.82, 2.24) is 9.78 Å². The number of anilines is 1. The van der Waals surface area contributed by atoms with Crippen molar-refractivity contribution in [1.29, 1.82) is 0 Å². The second-order valence-corrected chi connectivity index (χ2v) is 4.19. The molecule has 3 nitrogen and oxygen atoms in total. The molecular formula is C13H16FN3. The zero-order chi connectivity index (χ0) is 12.4. The summed E-state index contributed by atoms with van der Waals surface area (Å²) >= 11 is 0. The maximum absolute atomic E-state index is 13.1. The first-order valence-electron chi connectivity index (χ1n) is 5.55. The van der Waals surface area contributed by atoms with Gasteiger partial charge < -0.3 is 5.32 Å². The van der Waals surface area contributed by atoms with Gasteiger partial charge in [-0.3, -0.25) is 4.68 Å². The molecule has 1 N–H and O–H groups in total. The summed E-state index contributed by atoms with van der Waals surface area (Å²) in [6.07, 6.45) is 1.83. The normalized spacial score (nSPS) is 10.6. The van der Waals surface area contributed by atoms with Crippen LogP contribution < -0.4 is 5.32 Å². The third-order valence-corrected chi connectivity index (χ3v) is 3.01. The third kappa shape index (κ3) is 2.46. The topological polar surface area (TPSA) is 29.9 Å². The van der Waals surface area contributed by atoms with Gasteiger partial charge in [0.15, 0.2) is 0 Å². The summed E-state index contributed by atoms with van der Waals surface area (Å²) in [5.41, 5.74) is 4.10. The van der Waals surface area contributed by atoms with Crippen LogP contribution in [0.1, 0.15) is 16.8 Å². The van der Waals surface area contributed by atoms with E-state index in [0.717, 1.165) is 22.5 Å². The number of nitrogens with zero attached hydrogens (tertiary/aromatic N) is 2. The summed E-state index contributed by atoms with van der Waals surface area (Å²) in [4.78, 5) is 0. The number of benzene rings is 1. The maximum Gasteiger partial charge on any atom is 0.125 e. The molecule has 2 rings (SSSR count). The van der Waals surface area contributed by atoms with E-state index in [9.17, 15) is 4.39 Å². The Balaban J connectivity index is 2.12. The molecule has 0 aliphatic carbocycles. The molecule has 90 valence electrons. The molecule has 1 aromatic heterocycles. The van der Waals surface area contributed by atoms with Gasteiger partial charge in [-0.15, -0.1) is 0 Å². The van der Waals surface area contributed by atoms with E-state index in [-0.39, 0.29) is 5.82 Å². The molecule has 0 aliphatic rings. The van der Waals surface area contributed by atoms with Gasteiger partial charge in [-0.2, -0.15) is 5.10 Å². The van der Waals surface area contributed by atoms with E-state index in [1.165, 1.54) is 12.1 Å². The number of rotatable bonds is 3. The molecule has 0 saturated heterocycles. The minimum Gasteiger partial charge on any atom is -0.381 e. The molecule has 0 saturated carbocycles. The van der Waals surface area contributed by atoms with Crippen molar-refractivity contribution in [3.63, 3.8) is 0 Å². The highest BCUT2D eigenvalue weighted by Gasteiger charge is 2.05. The summed E-state index contributed by atoms with van der Waals surface area (Å²) in [5.74, 6) is -0.221. The Morgan fingerprint density at radius 3 is 2.76 bits per heavy atom. The summed E-state index contributed by atoms with van der Waals surface area (Å²) in [6.45, 7) is 4.63. The second kappa shape index (κ2) is 4.57. The molecule has 0 aliphatic heterocycles. The molecule has 2 aromatic rings. The van der Waals surface area contributed by atoms with Gasteiger partial charge in [0.25, 0.3) is 0 Å².